The first-order chi connectivity index (χ1) is 12.3. The summed E-state index contributed by atoms with van der Waals surface area (Å²) in [4.78, 5) is 15.2. The molecular weight excluding hydrogens is 330 g/mol. The van der Waals surface area contributed by atoms with E-state index in [0.717, 1.165) is 31.6 Å². The van der Waals surface area contributed by atoms with Crippen LogP contribution in [0.5, 0.6) is 0 Å². The van der Waals surface area contributed by atoms with Gasteiger partial charge in [0.2, 0.25) is 5.91 Å². The van der Waals surface area contributed by atoms with E-state index < -0.39 is 0 Å². The maximum atomic E-state index is 12.8. The van der Waals surface area contributed by atoms with E-state index in [0.29, 0.717) is 6.04 Å². The number of nitrogens with zero attached hydrogens (tertiary/aromatic N) is 1. The number of benzene rings is 1. The number of carbonyl (C=O) groups excluding carboxylic acids is 1. The molecule has 25 heavy (non-hydrogen) atoms. The third-order valence-corrected chi connectivity index (χ3v) is 6.19. The number of nitrogens with one attached hydrogen (secondary N) is 2. The number of anilines is 2. The van der Waals surface area contributed by atoms with Crippen LogP contribution in [0.2, 0.25) is 0 Å². The topological polar surface area (TPSA) is 44.4 Å². The predicted molar refractivity (Wildman–Crippen MR) is 109 cm³/mol. The summed E-state index contributed by atoms with van der Waals surface area (Å²) >= 11 is 2.02. The summed E-state index contributed by atoms with van der Waals surface area (Å²) in [6.45, 7) is 4.39. The molecule has 1 unspecified atom stereocenters. The van der Waals surface area contributed by atoms with Crippen LogP contribution in [0.25, 0.3) is 0 Å². The molecule has 1 aromatic rings. The number of hydrogen-bond donors (Lipinski definition) is 2. The lowest BCUT2D eigenvalue weighted by atomic mass is 10.1. The standard InChI is InChI=1S/C20H31N3OS/c1-2-6-19(21-16-9-13-25-14-10-16)20(24)22-17-7-5-8-18(15-17)23-11-3-4-12-23/h5,7-8,15-16,19,21H,2-4,6,9-14H2,1H3,(H,22,24). The van der Waals surface area contributed by atoms with Gasteiger partial charge in [0.15, 0.2) is 0 Å². The summed E-state index contributed by atoms with van der Waals surface area (Å²) in [7, 11) is 0. The number of carbonyl (C=O) groups is 1. The summed E-state index contributed by atoms with van der Waals surface area (Å²) in [5.41, 5.74) is 2.14. The van der Waals surface area contributed by atoms with E-state index in [1.807, 2.05) is 23.9 Å². The van der Waals surface area contributed by atoms with E-state index in [2.05, 4.69) is 34.6 Å². The number of amides is 1. The molecule has 138 valence electrons. The van der Waals surface area contributed by atoms with Crippen molar-refractivity contribution in [3.63, 3.8) is 0 Å². The van der Waals surface area contributed by atoms with Gasteiger partial charge in [-0.1, -0.05) is 19.4 Å². The van der Waals surface area contributed by atoms with Crippen molar-refractivity contribution >= 4 is 29.0 Å². The Labute approximate surface area is 156 Å². The fourth-order valence-corrected chi connectivity index (χ4v) is 4.82. The van der Waals surface area contributed by atoms with E-state index >= 15 is 0 Å². The molecule has 4 nitrogen and oxygen atoms in total. The number of hydrogen-bond acceptors (Lipinski definition) is 4. The van der Waals surface area contributed by atoms with Crippen LogP contribution in [0, 0.1) is 0 Å². The van der Waals surface area contributed by atoms with Gasteiger partial charge in [0.05, 0.1) is 6.04 Å². The first-order valence-electron chi connectivity index (χ1n) is 9.76. The predicted octanol–water partition coefficient (Wildman–Crippen LogP) is 3.88. The molecule has 0 bridgehead atoms. The fraction of sp³-hybridized carbons (Fsp3) is 0.650. The molecule has 0 saturated carbocycles. The summed E-state index contributed by atoms with van der Waals surface area (Å²) in [6, 6.07) is 8.70. The normalized spacial score (nSPS) is 19.8. The van der Waals surface area contributed by atoms with Crippen LogP contribution in [0.4, 0.5) is 11.4 Å². The minimum absolute atomic E-state index is 0.0893. The molecule has 2 heterocycles. The molecule has 0 spiro atoms. The van der Waals surface area contributed by atoms with Crippen molar-refractivity contribution in [2.24, 2.45) is 0 Å². The fourth-order valence-electron chi connectivity index (χ4n) is 3.71. The Kier molecular flexibility index (Phi) is 7.05. The van der Waals surface area contributed by atoms with Gasteiger partial charge in [-0.25, -0.2) is 0 Å². The zero-order chi connectivity index (χ0) is 17.5. The molecule has 2 aliphatic heterocycles. The molecule has 2 fully saturated rings. The molecule has 0 radical (unpaired) electrons. The molecule has 5 heteroatoms. The van der Waals surface area contributed by atoms with Gasteiger partial charge in [-0.3, -0.25) is 4.79 Å². The minimum Gasteiger partial charge on any atom is -0.371 e. The number of thioether (sulfide) groups is 1. The first-order valence-corrected chi connectivity index (χ1v) is 10.9. The molecular formula is C20H31N3OS. The van der Waals surface area contributed by atoms with Crippen molar-refractivity contribution in [3.8, 4) is 0 Å². The third-order valence-electron chi connectivity index (χ3n) is 5.14. The van der Waals surface area contributed by atoms with Crippen LogP contribution in [-0.4, -0.2) is 42.6 Å². The zero-order valence-corrected chi connectivity index (χ0v) is 16.1. The minimum atomic E-state index is -0.0893. The Bertz CT molecular complexity index is 554. The molecule has 2 N–H and O–H groups in total. The number of rotatable bonds is 7. The van der Waals surface area contributed by atoms with Gasteiger partial charge >= 0.3 is 0 Å². The van der Waals surface area contributed by atoms with Crippen molar-refractivity contribution < 1.29 is 4.79 Å². The highest BCUT2D eigenvalue weighted by Crippen LogP contribution is 2.24. The third kappa shape index (κ3) is 5.38. The van der Waals surface area contributed by atoms with Crippen LogP contribution in [0.3, 0.4) is 0 Å². The van der Waals surface area contributed by atoms with Crippen molar-refractivity contribution in [1.82, 2.24) is 5.32 Å². The van der Waals surface area contributed by atoms with Gasteiger partial charge in [0.1, 0.15) is 0 Å². The van der Waals surface area contributed by atoms with Crippen LogP contribution < -0.4 is 15.5 Å². The van der Waals surface area contributed by atoms with Crippen LogP contribution >= 0.6 is 11.8 Å². The quantitative estimate of drug-likeness (QED) is 0.774. The second-order valence-electron chi connectivity index (χ2n) is 7.13. The zero-order valence-electron chi connectivity index (χ0n) is 15.3. The molecule has 0 aliphatic carbocycles. The molecule has 2 aliphatic rings. The van der Waals surface area contributed by atoms with E-state index in [4.69, 9.17) is 0 Å². The maximum Gasteiger partial charge on any atom is 0.241 e. The molecule has 0 aromatic heterocycles. The average molecular weight is 362 g/mol. The van der Waals surface area contributed by atoms with Crippen molar-refractivity contribution in [3.05, 3.63) is 24.3 Å². The molecule has 1 atom stereocenters. The summed E-state index contributed by atoms with van der Waals surface area (Å²) in [5, 5.41) is 6.76. The largest absolute Gasteiger partial charge is 0.371 e. The Hall–Kier alpha value is -1.20. The average Bonchev–Trinajstić information content (AvgIpc) is 3.17. The summed E-state index contributed by atoms with van der Waals surface area (Å²) in [5.74, 6) is 2.52. The van der Waals surface area contributed by atoms with Gasteiger partial charge in [0.25, 0.3) is 0 Å². The highest BCUT2D eigenvalue weighted by Gasteiger charge is 2.23. The van der Waals surface area contributed by atoms with Crippen LogP contribution in [-0.2, 0) is 4.79 Å². The lowest BCUT2D eigenvalue weighted by molar-refractivity contribution is -0.118. The highest BCUT2D eigenvalue weighted by molar-refractivity contribution is 7.99. The van der Waals surface area contributed by atoms with Gasteiger partial charge in [-0.15, -0.1) is 0 Å². The van der Waals surface area contributed by atoms with E-state index in [9.17, 15) is 4.79 Å². The van der Waals surface area contributed by atoms with Gasteiger partial charge in [0, 0.05) is 30.5 Å². The summed E-state index contributed by atoms with van der Waals surface area (Å²) in [6.07, 6.45) is 6.77. The van der Waals surface area contributed by atoms with Gasteiger partial charge < -0.3 is 15.5 Å². The Morgan fingerprint density at radius 1 is 1.28 bits per heavy atom. The second-order valence-corrected chi connectivity index (χ2v) is 8.35. The Balaban J connectivity index is 1.60. The lowest BCUT2D eigenvalue weighted by Gasteiger charge is -2.28. The Morgan fingerprint density at radius 2 is 2.04 bits per heavy atom. The molecule has 1 amide bonds. The smallest absolute Gasteiger partial charge is 0.241 e. The molecule has 1 aromatic carbocycles. The molecule has 2 saturated heterocycles. The highest BCUT2D eigenvalue weighted by atomic mass is 32.2. The van der Waals surface area contributed by atoms with Crippen LogP contribution in [0.15, 0.2) is 24.3 Å². The maximum absolute atomic E-state index is 12.8. The van der Waals surface area contributed by atoms with Gasteiger partial charge in [-0.2, -0.15) is 11.8 Å². The van der Waals surface area contributed by atoms with Crippen molar-refractivity contribution in [1.29, 1.82) is 0 Å². The van der Waals surface area contributed by atoms with E-state index in [1.54, 1.807) is 0 Å². The second kappa shape index (κ2) is 9.48. The van der Waals surface area contributed by atoms with E-state index in [1.165, 1.54) is 42.9 Å². The lowest BCUT2D eigenvalue weighted by Crippen LogP contribution is -2.47. The van der Waals surface area contributed by atoms with Crippen molar-refractivity contribution in [2.45, 2.75) is 57.5 Å². The molecule has 3 rings (SSSR count). The summed E-state index contributed by atoms with van der Waals surface area (Å²) < 4.78 is 0. The van der Waals surface area contributed by atoms with Crippen LogP contribution in [0.1, 0.15) is 45.4 Å². The van der Waals surface area contributed by atoms with E-state index in [-0.39, 0.29) is 11.9 Å². The monoisotopic (exact) mass is 361 g/mol. The van der Waals surface area contributed by atoms with Gasteiger partial charge in [-0.05, 0) is 61.8 Å². The van der Waals surface area contributed by atoms with Crippen molar-refractivity contribution in [2.75, 3.05) is 34.8 Å². The first kappa shape index (κ1) is 18.6. The Morgan fingerprint density at radius 3 is 2.76 bits per heavy atom. The SMILES string of the molecule is CCCC(NC1CCSCC1)C(=O)Nc1cccc(N2CCCC2)c1.